The van der Waals surface area contributed by atoms with Gasteiger partial charge in [-0.25, -0.2) is 4.39 Å². The zero-order chi connectivity index (χ0) is 17.9. The van der Waals surface area contributed by atoms with Gasteiger partial charge in [0.15, 0.2) is 11.4 Å². The van der Waals surface area contributed by atoms with Crippen molar-refractivity contribution in [1.82, 2.24) is 0 Å². The molecule has 1 saturated carbocycles. The molecule has 2 aromatic rings. The molecule has 0 unspecified atom stereocenters. The molecule has 2 aromatic carbocycles. The van der Waals surface area contributed by atoms with Crippen molar-refractivity contribution in [1.29, 1.82) is 0 Å². The molecule has 0 atom stereocenters. The minimum atomic E-state index is -0.788. The molecule has 0 radical (unpaired) electrons. The first kappa shape index (κ1) is 17.0. The maximum atomic E-state index is 13.5. The van der Waals surface area contributed by atoms with Crippen LogP contribution in [0.3, 0.4) is 0 Å². The summed E-state index contributed by atoms with van der Waals surface area (Å²) in [6.45, 7) is 0. The Kier molecular flexibility index (Phi) is 3.94. The number of nitrogens with one attached hydrogen (secondary N) is 1. The highest BCUT2D eigenvalue weighted by atomic mass is 79.9. The van der Waals surface area contributed by atoms with Gasteiger partial charge in [-0.3, -0.25) is 9.59 Å². The fourth-order valence-corrected chi connectivity index (χ4v) is 4.48. The summed E-state index contributed by atoms with van der Waals surface area (Å²) in [5, 5.41) is 2.93. The summed E-state index contributed by atoms with van der Waals surface area (Å²) >= 11 is 12.8. The van der Waals surface area contributed by atoms with Crippen molar-refractivity contribution in [2.75, 3.05) is 5.32 Å². The average Bonchev–Trinajstić information content (AvgIpc) is 3.32. The van der Waals surface area contributed by atoms with Gasteiger partial charge in [-0.2, -0.15) is 0 Å². The van der Waals surface area contributed by atoms with Gasteiger partial charge in [0.1, 0.15) is 11.6 Å². The normalized spacial score (nSPS) is 16.9. The molecule has 0 saturated heterocycles. The van der Waals surface area contributed by atoms with Gasteiger partial charge in [0.05, 0.1) is 20.7 Å². The summed E-state index contributed by atoms with van der Waals surface area (Å²) in [6, 6.07) is 5.21. The van der Waals surface area contributed by atoms with Crippen molar-refractivity contribution in [2.24, 2.45) is 0 Å². The second-order valence-corrected chi connectivity index (χ2v) is 7.98. The highest BCUT2D eigenvalue weighted by Crippen LogP contribution is 2.51. The summed E-state index contributed by atoms with van der Waals surface area (Å²) < 4.78 is 20.2. The molecule has 0 bridgehead atoms. The van der Waals surface area contributed by atoms with Gasteiger partial charge in [-0.05, 0) is 56.1 Å². The number of hydrogen-bond donors (Lipinski definition) is 1. The van der Waals surface area contributed by atoms with Crippen molar-refractivity contribution in [3.05, 3.63) is 55.2 Å². The van der Waals surface area contributed by atoms with Crippen LogP contribution in [-0.2, 0) is 4.79 Å². The van der Waals surface area contributed by atoms with E-state index in [9.17, 15) is 14.0 Å². The minimum Gasteiger partial charge on any atom is -0.475 e. The Labute approximate surface area is 163 Å². The summed E-state index contributed by atoms with van der Waals surface area (Å²) in [7, 11) is 0. The number of amides is 1. The number of rotatable bonds is 2. The Bertz CT molecular complexity index is 959. The van der Waals surface area contributed by atoms with E-state index >= 15 is 0 Å². The van der Waals surface area contributed by atoms with Crippen LogP contribution in [0.2, 0.25) is 5.02 Å². The molecule has 8 heteroatoms. The Morgan fingerprint density at radius 1 is 1.28 bits per heavy atom. The fraction of sp³-hybridized carbons (Fsp3) is 0.176. The highest BCUT2D eigenvalue weighted by Gasteiger charge is 2.55. The molecule has 0 aromatic heterocycles. The summed E-state index contributed by atoms with van der Waals surface area (Å²) in [6.07, 6.45) is 1.32. The first-order valence-corrected chi connectivity index (χ1v) is 9.31. The summed E-state index contributed by atoms with van der Waals surface area (Å²) in [5.41, 5.74) is -0.156. The average molecular weight is 490 g/mol. The molecule has 4 nitrogen and oxygen atoms in total. The summed E-state index contributed by atoms with van der Waals surface area (Å²) in [5.74, 6) is -0.805. The topological polar surface area (TPSA) is 55.4 Å². The third-order valence-corrected chi connectivity index (χ3v) is 5.99. The molecule has 1 N–H and O–H groups in total. The van der Waals surface area contributed by atoms with E-state index in [4.69, 9.17) is 16.3 Å². The molecule has 25 heavy (non-hydrogen) atoms. The molecular formula is C17H9Br2ClFNO3. The van der Waals surface area contributed by atoms with Crippen molar-refractivity contribution >= 4 is 60.8 Å². The quantitative estimate of drug-likeness (QED) is 0.598. The van der Waals surface area contributed by atoms with E-state index in [1.54, 1.807) is 6.07 Å². The van der Waals surface area contributed by atoms with Crippen LogP contribution in [0.4, 0.5) is 10.1 Å². The van der Waals surface area contributed by atoms with E-state index in [2.05, 4.69) is 37.2 Å². The molecule has 1 fully saturated rings. The number of hydrogen-bond acceptors (Lipinski definition) is 3. The van der Waals surface area contributed by atoms with Crippen LogP contribution in [0.5, 0.6) is 5.75 Å². The monoisotopic (exact) mass is 487 g/mol. The lowest BCUT2D eigenvalue weighted by Gasteiger charge is -2.27. The molecule has 1 spiro atoms. The maximum Gasteiger partial charge on any atom is 0.268 e. The Balaban J connectivity index is 1.84. The molecule has 4 rings (SSSR count). The number of fused-ring (bicyclic) bond motifs is 1. The van der Waals surface area contributed by atoms with Crippen LogP contribution in [0, 0.1) is 5.82 Å². The van der Waals surface area contributed by atoms with Gasteiger partial charge >= 0.3 is 0 Å². The second kappa shape index (κ2) is 5.79. The lowest BCUT2D eigenvalue weighted by Crippen LogP contribution is -2.39. The zero-order valence-electron chi connectivity index (χ0n) is 12.5. The van der Waals surface area contributed by atoms with Crippen LogP contribution in [0.1, 0.15) is 28.8 Å². The number of halogens is 4. The van der Waals surface area contributed by atoms with E-state index in [0.29, 0.717) is 33.2 Å². The molecule has 2 aliphatic rings. The SMILES string of the molecule is O=C(c1cc(F)ccc1Cl)c1c(Br)cc2c(c1Br)NC(=O)C1(CC1)O2. The standard InChI is InChI=1S/C17H9Br2ClFNO3/c18-9-6-11-14(22-16(24)17(25-11)3-4-17)13(19)12(9)15(23)8-5-7(21)1-2-10(8)20/h1-2,5-6H,3-4H2,(H,22,24). The first-order valence-electron chi connectivity index (χ1n) is 7.34. The number of ether oxygens (including phenoxy) is 1. The Hall–Kier alpha value is -1.44. The van der Waals surface area contributed by atoms with Crippen LogP contribution >= 0.6 is 43.5 Å². The van der Waals surface area contributed by atoms with Gasteiger partial charge in [0.2, 0.25) is 0 Å². The third kappa shape index (κ3) is 2.69. The van der Waals surface area contributed by atoms with Gasteiger partial charge in [-0.1, -0.05) is 11.6 Å². The van der Waals surface area contributed by atoms with E-state index in [-0.39, 0.29) is 22.1 Å². The molecule has 1 heterocycles. The van der Waals surface area contributed by atoms with Crippen molar-refractivity contribution in [3.63, 3.8) is 0 Å². The number of benzene rings is 2. The van der Waals surface area contributed by atoms with Crippen LogP contribution in [-0.4, -0.2) is 17.3 Å². The van der Waals surface area contributed by atoms with Gasteiger partial charge in [0, 0.05) is 22.9 Å². The lowest BCUT2D eigenvalue weighted by atomic mass is 10.0. The third-order valence-electron chi connectivity index (χ3n) is 4.24. The summed E-state index contributed by atoms with van der Waals surface area (Å²) in [4.78, 5) is 25.1. The zero-order valence-corrected chi connectivity index (χ0v) is 16.4. The Morgan fingerprint density at radius 2 is 2.00 bits per heavy atom. The number of anilines is 1. The number of ketones is 1. The van der Waals surface area contributed by atoms with E-state index in [1.165, 1.54) is 12.1 Å². The van der Waals surface area contributed by atoms with Crippen molar-refractivity contribution < 1.29 is 18.7 Å². The van der Waals surface area contributed by atoms with E-state index in [1.807, 2.05) is 0 Å². The predicted octanol–water partition coefficient (Wildman–Crippen LogP) is 5.10. The van der Waals surface area contributed by atoms with Crippen LogP contribution < -0.4 is 10.1 Å². The number of carbonyl (C=O) groups excluding carboxylic acids is 2. The lowest BCUT2D eigenvalue weighted by molar-refractivity contribution is -0.125. The molecule has 1 aliphatic carbocycles. The predicted molar refractivity (Wildman–Crippen MR) is 97.9 cm³/mol. The van der Waals surface area contributed by atoms with Gasteiger partial charge in [0.25, 0.3) is 5.91 Å². The second-order valence-electron chi connectivity index (χ2n) is 5.92. The number of carbonyl (C=O) groups is 2. The van der Waals surface area contributed by atoms with Crippen molar-refractivity contribution in [2.45, 2.75) is 18.4 Å². The Morgan fingerprint density at radius 3 is 2.68 bits per heavy atom. The maximum absolute atomic E-state index is 13.5. The van der Waals surface area contributed by atoms with Crippen molar-refractivity contribution in [3.8, 4) is 5.75 Å². The molecule has 1 amide bonds. The van der Waals surface area contributed by atoms with Gasteiger partial charge < -0.3 is 10.1 Å². The fourth-order valence-electron chi connectivity index (χ4n) is 2.74. The molecular weight excluding hydrogens is 480 g/mol. The van der Waals surface area contributed by atoms with E-state index < -0.39 is 17.2 Å². The van der Waals surface area contributed by atoms with Gasteiger partial charge in [-0.15, -0.1) is 0 Å². The molecule has 1 aliphatic heterocycles. The highest BCUT2D eigenvalue weighted by molar-refractivity contribution is 9.11. The smallest absolute Gasteiger partial charge is 0.268 e. The van der Waals surface area contributed by atoms with Crippen LogP contribution in [0.15, 0.2) is 33.2 Å². The largest absolute Gasteiger partial charge is 0.475 e. The van der Waals surface area contributed by atoms with Crippen LogP contribution in [0.25, 0.3) is 0 Å². The van der Waals surface area contributed by atoms with E-state index in [0.717, 1.165) is 6.07 Å². The molecule has 128 valence electrons. The minimum absolute atomic E-state index is 0.0322. The first-order chi connectivity index (χ1) is 11.8.